The summed E-state index contributed by atoms with van der Waals surface area (Å²) in [5, 5.41) is 4.25. The topological polar surface area (TPSA) is 59.3 Å². The van der Waals surface area contributed by atoms with Gasteiger partial charge in [0.05, 0.1) is 17.7 Å². The molecule has 4 nitrogen and oxygen atoms in total. The second-order valence-electron chi connectivity index (χ2n) is 3.07. The van der Waals surface area contributed by atoms with Crippen molar-refractivity contribution in [2.45, 2.75) is 6.54 Å². The van der Waals surface area contributed by atoms with Crippen LogP contribution in [0.25, 0.3) is 0 Å². The second kappa shape index (κ2) is 4.76. The Balaban J connectivity index is 1.91. The average Bonchev–Trinajstić information content (AvgIpc) is 2.96. The van der Waals surface area contributed by atoms with E-state index in [1.165, 1.54) is 17.6 Å². The van der Waals surface area contributed by atoms with Crippen molar-refractivity contribution in [3.8, 4) is 0 Å². The highest BCUT2D eigenvalue weighted by molar-refractivity contribution is 7.13. The van der Waals surface area contributed by atoms with E-state index in [0.717, 1.165) is 0 Å². The Morgan fingerprint density at radius 3 is 2.81 bits per heavy atom. The number of hydrogen-bond donors (Lipinski definition) is 1. The molecule has 1 N–H and O–H groups in total. The number of thiophene rings is 1. The summed E-state index contributed by atoms with van der Waals surface area (Å²) in [6.07, 6.45) is 1.52. The lowest BCUT2D eigenvalue weighted by molar-refractivity contribution is -0.117. The maximum absolute atomic E-state index is 11.5. The van der Waals surface area contributed by atoms with Crippen molar-refractivity contribution in [3.63, 3.8) is 0 Å². The molecule has 0 unspecified atom stereocenters. The molecule has 2 heterocycles. The van der Waals surface area contributed by atoms with Crippen LogP contribution in [0.1, 0.15) is 15.4 Å². The Kier molecular flexibility index (Phi) is 3.16. The van der Waals surface area contributed by atoms with Gasteiger partial charge in [-0.1, -0.05) is 6.07 Å². The lowest BCUT2D eigenvalue weighted by Crippen LogP contribution is -2.29. The molecule has 16 heavy (non-hydrogen) atoms. The summed E-state index contributed by atoms with van der Waals surface area (Å²) in [6, 6.07) is 6.82. The van der Waals surface area contributed by atoms with Crippen LogP contribution in [0.3, 0.4) is 0 Å². The molecule has 0 saturated carbocycles. The van der Waals surface area contributed by atoms with E-state index in [0.29, 0.717) is 10.6 Å². The Morgan fingerprint density at radius 2 is 2.19 bits per heavy atom. The third-order valence-electron chi connectivity index (χ3n) is 1.95. The predicted molar refractivity (Wildman–Crippen MR) is 59.2 cm³/mol. The van der Waals surface area contributed by atoms with E-state index in [1.54, 1.807) is 29.6 Å². The van der Waals surface area contributed by atoms with Gasteiger partial charge >= 0.3 is 0 Å². The number of nitrogens with one attached hydrogen (secondary N) is 1. The van der Waals surface area contributed by atoms with Crippen LogP contribution < -0.4 is 5.32 Å². The number of carbonyl (C=O) groups excluding carboxylic acids is 2. The van der Waals surface area contributed by atoms with Gasteiger partial charge in [0, 0.05) is 0 Å². The average molecular weight is 235 g/mol. The van der Waals surface area contributed by atoms with E-state index < -0.39 is 11.7 Å². The van der Waals surface area contributed by atoms with Crippen LogP contribution in [0.5, 0.6) is 0 Å². The maximum atomic E-state index is 11.5. The van der Waals surface area contributed by atoms with Crippen molar-refractivity contribution in [1.82, 2.24) is 5.32 Å². The normalized spacial score (nSPS) is 10.0. The Morgan fingerprint density at radius 1 is 1.31 bits per heavy atom. The van der Waals surface area contributed by atoms with Crippen LogP contribution in [-0.2, 0) is 11.3 Å². The molecule has 2 aromatic heterocycles. The number of furan rings is 1. The monoisotopic (exact) mass is 235 g/mol. The highest BCUT2D eigenvalue weighted by Gasteiger charge is 2.16. The van der Waals surface area contributed by atoms with E-state index in [4.69, 9.17) is 4.42 Å². The zero-order chi connectivity index (χ0) is 11.4. The number of amides is 1. The minimum Gasteiger partial charge on any atom is -0.467 e. The Labute approximate surface area is 95.9 Å². The molecule has 1 amide bonds. The largest absolute Gasteiger partial charge is 0.467 e. The zero-order valence-electron chi connectivity index (χ0n) is 8.30. The van der Waals surface area contributed by atoms with Crippen LogP contribution >= 0.6 is 11.3 Å². The predicted octanol–water partition coefficient (Wildman–Crippen LogP) is 1.84. The summed E-state index contributed by atoms with van der Waals surface area (Å²) in [5.41, 5.74) is 0. The maximum Gasteiger partial charge on any atom is 0.293 e. The van der Waals surface area contributed by atoms with E-state index in [9.17, 15) is 9.59 Å². The zero-order valence-corrected chi connectivity index (χ0v) is 9.12. The quantitative estimate of drug-likeness (QED) is 0.649. The molecule has 0 radical (unpaired) electrons. The SMILES string of the molecule is O=C(NCc1ccco1)C(=O)c1cccs1. The molecule has 0 saturated heterocycles. The Hall–Kier alpha value is -1.88. The van der Waals surface area contributed by atoms with Crippen LogP contribution in [0.4, 0.5) is 0 Å². The molecule has 0 atom stereocenters. The molecular formula is C11H9NO3S. The van der Waals surface area contributed by atoms with Crippen LogP contribution in [-0.4, -0.2) is 11.7 Å². The first-order valence-corrected chi connectivity index (χ1v) is 5.54. The van der Waals surface area contributed by atoms with Crippen molar-refractivity contribution in [3.05, 3.63) is 46.5 Å². The van der Waals surface area contributed by atoms with Crippen LogP contribution in [0, 0.1) is 0 Å². The highest BCUT2D eigenvalue weighted by atomic mass is 32.1. The van der Waals surface area contributed by atoms with Gasteiger partial charge in [0.15, 0.2) is 0 Å². The van der Waals surface area contributed by atoms with Gasteiger partial charge in [0.25, 0.3) is 11.7 Å². The van der Waals surface area contributed by atoms with Gasteiger partial charge in [0.2, 0.25) is 0 Å². The number of hydrogen-bond acceptors (Lipinski definition) is 4. The van der Waals surface area contributed by atoms with Gasteiger partial charge in [-0.15, -0.1) is 11.3 Å². The van der Waals surface area contributed by atoms with Gasteiger partial charge in [-0.3, -0.25) is 9.59 Å². The lowest BCUT2D eigenvalue weighted by atomic mass is 10.3. The van der Waals surface area contributed by atoms with Gasteiger partial charge in [-0.2, -0.15) is 0 Å². The van der Waals surface area contributed by atoms with Crippen molar-refractivity contribution < 1.29 is 14.0 Å². The fraction of sp³-hybridized carbons (Fsp3) is 0.0909. The molecule has 0 aliphatic heterocycles. The van der Waals surface area contributed by atoms with E-state index in [-0.39, 0.29) is 6.54 Å². The summed E-state index contributed by atoms with van der Waals surface area (Å²) >= 11 is 1.25. The first kappa shape index (κ1) is 10.6. The summed E-state index contributed by atoms with van der Waals surface area (Å²) in [6.45, 7) is 0.225. The van der Waals surface area contributed by atoms with E-state index in [1.807, 2.05) is 0 Å². The minimum absolute atomic E-state index is 0.225. The molecule has 2 rings (SSSR count). The molecule has 0 aliphatic carbocycles. The summed E-state index contributed by atoms with van der Waals surface area (Å²) in [4.78, 5) is 23.4. The number of rotatable bonds is 4. The molecule has 0 spiro atoms. The third kappa shape index (κ3) is 2.38. The molecule has 0 aromatic carbocycles. The van der Waals surface area contributed by atoms with Gasteiger partial charge in [-0.25, -0.2) is 0 Å². The molecular weight excluding hydrogens is 226 g/mol. The molecule has 0 bridgehead atoms. The number of ketones is 1. The summed E-state index contributed by atoms with van der Waals surface area (Å²) in [7, 11) is 0. The molecule has 2 aromatic rings. The number of carbonyl (C=O) groups is 2. The standard InChI is InChI=1S/C11H9NO3S/c13-10(9-4-2-6-16-9)11(14)12-7-8-3-1-5-15-8/h1-6H,7H2,(H,12,14). The van der Waals surface area contributed by atoms with Gasteiger partial charge in [0.1, 0.15) is 5.76 Å². The van der Waals surface area contributed by atoms with E-state index in [2.05, 4.69) is 5.32 Å². The first-order chi connectivity index (χ1) is 7.77. The van der Waals surface area contributed by atoms with Crippen LogP contribution in [0.15, 0.2) is 40.3 Å². The highest BCUT2D eigenvalue weighted by Crippen LogP contribution is 2.09. The van der Waals surface area contributed by atoms with Crippen molar-refractivity contribution in [2.75, 3.05) is 0 Å². The summed E-state index contributed by atoms with van der Waals surface area (Å²) < 4.78 is 5.03. The fourth-order valence-corrected chi connectivity index (χ4v) is 1.84. The van der Waals surface area contributed by atoms with Crippen molar-refractivity contribution in [1.29, 1.82) is 0 Å². The van der Waals surface area contributed by atoms with Gasteiger partial charge in [-0.05, 0) is 23.6 Å². The smallest absolute Gasteiger partial charge is 0.293 e. The van der Waals surface area contributed by atoms with Crippen LogP contribution in [0.2, 0.25) is 0 Å². The third-order valence-corrected chi connectivity index (χ3v) is 2.82. The first-order valence-electron chi connectivity index (χ1n) is 4.66. The van der Waals surface area contributed by atoms with Crippen molar-refractivity contribution >= 4 is 23.0 Å². The molecule has 82 valence electrons. The fourth-order valence-electron chi connectivity index (χ4n) is 1.18. The molecule has 5 heteroatoms. The second-order valence-corrected chi connectivity index (χ2v) is 4.02. The lowest BCUT2D eigenvalue weighted by Gasteiger charge is -2.00. The summed E-state index contributed by atoms with van der Waals surface area (Å²) in [5.74, 6) is -0.507. The minimum atomic E-state index is -0.612. The molecule has 0 aliphatic rings. The van der Waals surface area contributed by atoms with E-state index >= 15 is 0 Å². The van der Waals surface area contributed by atoms with Crippen molar-refractivity contribution in [2.24, 2.45) is 0 Å². The van der Waals surface area contributed by atoms with Gasteiger partial charge < -0.3 is 9.73 Å². The molecule has 0 fully saturated rings. The Bertz CT molecular complexity index is 473. The number of Topliss-reactive ketones (excluding diaryl/α,β-unsaturated/α-hetero) is 1.